The van der Waals surface area contributed by atoms with Crippen LogP contribution in [0.4, 0.5) is 4.39 Å². The van der Waals surface area contributed by atoms with Gasteiger partial charge in [-0.3, -0.25) is 0 Å². The van der Waals surface area contributed by atoms with E-state index in [4.69, 9.17) is 16.3 Å². The summed E-state index contributed by atoms with van der Waals surface area (Å²) in [5, 5.41) is 13.1. The van der Waals surface area contributed by atoms with E-state index in [0.29, 0.717) is 25.3 Å². The van der Waals surface area contributed by atoms with Gasteiger partial charge in [-0.1, -0.05) is 17.7 Å². The second kappa shape index (κ2) is 7.69. The van der Waals surface area contributed by atoms with Gasteiger partial charge in [0.25, 0.3) is 0 Å². The molecule has 1 aromatic rings. The lowest BCUT2D eigenvalue weighted by molar-refractivity contribution is 0.115. The Labute approximate surface area is 112 Å². The quantitative estimate of drug-likeness (QED) is 0.803. The number of halogens is 2. The van der Waals surface area contributed by atoms with Crippen molar-refractivity contribution in [2.45, 2.75) is 26.0 Å². The van der Waals surface area contributed by atoms with Crippen LogP contribution in [0.2, 0.25) is 5.02 Å². The normalized spacial score (nSPS) is 14.5. The van der Waals surface area contributed by atoms with Crippen molar-refractivity contribution >= 4 is 11.6 Å². The summed E-state index contributed by atoms with van der Waals surface area (Å²) in [6, 6.07) is 4.45. The second-order valence-electron chi connectivity index (χ2n) is 4.16. The molecule has 0 saturated heterocycles. The molecular weight excluding hydrogens is 257 g/mol. The molecule has 0 radical (unpaired) electrons. The SMILES string of the molecule is CCOCC(C)NCC(O)c1ccc(Cl)c(F)c1. The summed E-state index contributed by atoms with van der Waals surface area (Å²) in [5.74, 6) is -0.518. The maximum Gasteiger partial charge on any atom is 0.142 e. The molecule has 18 heavy (non-hydrogen) atoms. The molecule has 0 aliphatic heterocycles. The summed E-state index contributed by atoms with van der Waals surface area (Å²) in [6.07, 6.45) is -0.763. The highest BCUT2D eigenvalue weighted by molar-refractivity contribution is 6.30. The van der Waals surface area contributed by atoms with Gasteiger partial charge in [-0.15, -0.1) is 0 Å². The lowest BCUT2D eigenvalue weighted by Crippen LogP contribution is -2.34. The van der Waals surface area contributed by atoms with Gasteiger partial charge in [0.2, 0.25) is 0 Å². The maximum absolute atomic E-state index is 13.2. The molecule has 2 unspecified atom stereocenters. The first kappa shape index (κ1) is 15.4. The number of benzene rings is 1. The van der Waals surface area contributed by atoms with E-state index in [9.17, 15) is 9.50 Å². The van der Waals surface area contributed by atoms with Crippen LogP contribution in [0.3, 0.4) is 0 Å². The molecule has 0 amide bonds. The van der Waals surface area contributed by atoms with Crippen molar-refractivity contribution in [1.82, 2.24) is 5.32 Å². The van der Waals surface area contributed by atoms with Crippen LogP contribution in [0, 0.1) is 5.82 Å². The molecular formula is C13H19ClFNO2. The van der Waals surface area contributed by atoms with Crippen molar-refractivity contribution < 1.29 is 14.2 Å². The molecule has 102 valence electrons. The van der Waals surface area contributed by atoms with Gasteiger partial charge in [0.15, 0.2) is 0 Å². The highest BCUT2D eigenvalue weighted by Crippen LogP contribution is 2.19. The van der Waals surface area contributed by atoms with E-state index >= 15 is 0 Å². The van der Waals surface area contributed by atoms with E-state index in [1.54, 1.807) is 6.07 Å². The van der Waals surface area contributed by atoms with E-state index in [2.05, 4.69) is 5.32 Å². The molecule has 2 N–H and O–H groups in total. The lowest BCUT2D eigenvalue weighted by atomic mass is 10.1. The van der Waals surface area contributed by atoms with Crippen LogP contribution in [0.15, 0.2) is 18.2 Å². The van der Waals surface area contributed by atoms with Crippen molar-refractivity contribution in [3.63, 3.8) is 0 Å². The predicted molar refractivity (Wildman–Crippen MR) is 70.3 cm³/mol. The van der Waals surface area contributed by atoms with Crippen molar-refractivity contribution in [3.05, 3.63) is 34.6 Å². The fourth-order valence-corrected chi connectivity index (χ4v) is 1.62. The van der Waals surface area contributed by atoms with Gasteiger partial charge in [-0.2, -0.15) is 0 Å². The van der Waals surface area contributed by atoms with Gasteiger partial charge in [-0.05, 0) is 31.5 Å². The Balaban J connectivity index is 2.44. The van der Waals surface area contributed by atoms with Crippen LogP contribution in [0.25, 0.3) is 0 Å². The Bertz CT molecular complexity index is 376. The molecule has 0 bridgehead atoms. The zero-order chi connectivity index (χ0) is 13.5. The van der Waals surface area contributed by atoms with Crippen LogP contribution < -0.4 is 5.32 Å². The Hall–Kier alpha value is -0.680. The summed E-state index contributed by atoms with van der Waals surface area (Å²) in [5.41, 5.74) is 0.507. The smallest absolute Gasteiger partial charge is 0.142 e. The standard InChI is InChI=1S/C13H19ClFNO2/c1-3-18-8-9(2)16-7-13(17)10-4-5-11(14)12(15)6-10/h4-6,9,13,16-17H,3,7-8H2,1-2H3. The molecule has 0 heterocycles. The highest BCUT2D eigenvalue weighted by atomic mass is 35.5. The van der Waals surface area contributed by atoms with Crippen LogP contribution in [-0.2, 0) is 4.74 Å². The first-order valence-electron chi connectivity index (χ1n) is 5.98. The minimum atomic E-state index is -0.763. The average Bonchev–Trinajstić information content (AvgIpc) is 2.36. The van der Waals surface area contributed by atoms with Crippen molar-refractivity contribution in [3.8, 4) is 0 Å². The van der Waals surface area contributed by atoms with E-state index in [-0.39, 0.29) is 11.1 Å². The Morgan fingerprint density at radius 1 is 1.50 bits per heavy atom. The monoisotopic (exact) mass is 275 g/mol. The summed E-state index contributed by atoms with van der Waals surface area (Å²) >= 11 is 5.58. The molecule has 2 atom stereocenters. The van der Waals surface area contributed by atoms with Crippen LogP contribution >= 0.6 is 11.6 Å². The van der Waals surface area contributed by atoms with Crippen LogP contribution in [0.1, 0.15) is 25.5 Å². The number of ether oxygens (including phenoxy) is 1. The minimum Gasteiger partial charge on any atom is -0.387 e. The van der Waals surface area contributed by atoms with E-state index in [0.717, 1.165) is 0 Å². The van der Waals surface area contributed by atoms with Gasteiger partial charge >= 0.3 is 0 Å². The molecule has 1 rings (SSSR count). The molecule has 3 nitrogen and oxygen atoms in total. The summed E-state index contributed by atoms with van der Waals surface area (Å²) in [4.78, 5) is 0. The Morgan fingerprint density at radius 2 is 2.22 bits per heavy atom. The molecule has 0 spiro atoms. The van der Waals surface area contributed by atoms with Gasteiger partial charge < -0.3 is 15.2 Å². The van der Waals surface area contributed by atoms with Gasteiger partial charge in [0, 0.05) is 19.2 Å². The molecule has 0 aliphatic rings. The number of aliphatic hydroxyl groups excluding tert-OH is 1. The topological polar surface area (TPSA) is 41.5 Å². The molecule has 5 heteroatoms. The second-order valence-corrected chi connectivity index (χ2v) is 4.57. The predicted octanol–water partition coefficient (Wildman–Crippen LogP) is 2.53. The summed E-state index contributed by atoms with van der Waals surface area (Å²) in [6.45, 7) is 5.48. The van der Waals surface area contributed by atoms with Gasteiger partial charge in [0.05, 0.1) is 17.7 Å². The van der Waals surface area contributed by atoms with Crippen molar-refractivity contribution in [2.75, 3.05) is 19.8 Å². The fourth-order valence-electron chi connectivity index (χ4n) is 1.50. The Morgan fingerprint density at radius 3 is 2.83 bits per heavy atom. The van der Waals surface area contributed by atoms with Gasteiger partial charge in [0.1, 0.15) is 5.82 Å². The highest BCUT2D eigenvalue weighted by Gasteiger charge is 2.11. The molecule has 0 fully saturated rings. The van der Waals surface area contributed by atoms with Crippen LogP contribution in [0.5, 0.6) is 0 Å². The third-order valence-corrected chi connectivity index (χ3v) is 2.87. The fraction of sp³-hybridized carbons (Fsp3) is 0.538. The maximum atomic E-state index is 13.2. The van der Waals surface area contributed by atoms with Gasteiger partial charge in [-0.25, -0.2) is 4.39 Å². The molecule has 0 aliphatic carbocycles. The largest absolute Gasteiger partial charge is 0.387 e. The van der Waals surface area contributed by atoms with E-state index in [1.807, 2.05) is 13.8 Å². The number of aliphatic hydroxyl groups is 1. The average molecular weight is 276 g/mol. The van der Waals surface area contributed by atoms with Crippen molar-refractivity contribution in [1.29, 1.82) is 0 Å². The summed E-state index contributed by atoms with van der Waals surface area (Å²) < 4.78 is 18.5. The number of hydrogen-bond donors (Lipinski definition) is 2. The first-order valence-corrected chi connectivity index (χ1v) is 6.36. The van der Waals surface area contributed by atoms with E-state index in [1.165, 1.54) is 12.1 Å². The molecule has 0 saturated carbocycles. The molecule has 0 aromatic heterocycles. The lowest BCUT2D eigenvalue weighted by Gasteiger charge is -2.17. The first-order chi connectivity index (χ1) is 8.54. The number of nitrogens with one attached hydrogen (secondary N) is 1. The zero-order valence-electron chi connectivity index (χ0n) is 10.6. The number of rotatable bonds is 7. The third kappa shape index (κ3) is 4.90. The Kier molecular flexibility index (Phi) is 6.57. The van der Waals surface area contributed by atoms with Crippen LogP contribution in [-0.4, -0.2) is 30.9 Å². The zero-order valence-corrected chi connectivity index (χ0v) is 11.4. The minimum absolute atomic E-state index is 0.0589. The van der Waals surface area contributed by atoms with E-state index < -0.39 is 11.9 Å². The van der Waals surface area contributed by atoms with Crippen molar-refractivity contribution in [2.24, 2.45) is 0 Å². The third-order valence-electron chi connectivity index (χ3n) is 2.56. The number of hydrogen-bond acceptors (Lipinski definition) is 3. The summed E-state index contributed by atoms with van der Waals surface area (Å²) in [7, 11) is 0. The molecule has 1 aromatic carbocycles.